The second kappa shape index (κ2) is 5.71. The van der Waals surface area contributed by atoms with Crippen molar-refractivity contribution in [3.8, 4) is 0 Å². The SMILES string of the molecule is CC(Cl)C(=O)NCCc1ccc(F)cc1. The molecule has 0 saturated heterocycles. The van der Waals surface area contributed by atoms with E-state index in [0.717, 1.165) is 5.56 Å². The summed E-state index contributed by atoms with van der Waals surface area (Å²) < 4.78 is 12.6. The fourth-order valence-corrected chi connectivity index (χ4v) is 1.20. The molecule has 0 bridgehead atoms. The van der Waals surface area contributed by atoms with Gasteiger partial charge in [0.05, 0.1) is 0 Å². The maximum atomic E-state index is 12.6. The molecule has 1 N–H and O–H groups in total. The van der Waals surface area contributed by atoms with Crippen molar-refractivity contribution in [2.75, 3.05) is 6.54 Å². The topological polar surface area (TPSA) is 29.1 Å². The molecule has 15 heavy (non-hydrogen) atoms. The van der Waals surface area contributed by atoms with Crippen LogP contribution in [0.15, 0.2) is 24.3 Å². The van der Waals surface area contributed by atoms with Crippen LogP contribution in [0.4, 0.5) is 4.39 Å². The third kappa shape index (κ3) is 4.30. The van der Waals surface area contributed by atoms with E-state index in [1.54, 1.807) is 19.1 Å². The second-order valence-corrected chi connectivity index (χ2v) is 3.94. The van der Waals surface area contributed by atoms with Gasteiger partial charge in [-0.1, -0.05) is 12.1 Å². The molecular weight excluding hydrogens is 217 g/mol. The third-order valence-corrected chi connectivity index (χ3v) is 2.19. The smallest absolute Gasteiger partial charge is 0.237 e. The molecule has 1 unspecified atom stereocenters. The molecule has 2 nitrogen and oxygen atoms in total. The molecule has 1 aromatic carbocycles. The summed E-state index contributed by atoms with van der Waals surface area (Å²) in [5.74, 6) is -0.434. The first kappa shape index (κ1) is 12.0. The number of hydrogen-bond acceptors (Lipinski definition) is 1. The summed E-state index contributed by atoms with van der Waals surface area (Å²) in [5, 5.41) is 2.17. The molecule has 1 atom stereocenters. The van der Waals surface area contributed by atoms with Gasteiger partial charge in [0.2, 0.25) is 5.91 Å². The van der Waals surface area contributed by atoms with Crippen molar-refractivity contribution in [2.24, 2.45) is 0 Å². The summed E-state index contributed by atoms with van der Waals surface area (Å²) in [6, 6.07) is 6.21. The molecule has 0 fully saturated rings. The van der Waals surface area contributed by atoms with Crippen LogP contribution >= 0.6 is 11.6 Å². The van der Waals surface area contributed by atoms with E-state index in [2.05, 4.69) is 5.32 Å². The maximum absolute atomic E-state index is 12.6. The van der Waals surface area contributed by atoms with Crippen LogP contribution in [-0.4, -0.2) is 17.8 Å². The maximum Gasteiger partial charge on any atom is 0.237 e. The van der Waals surface area contributed by atoms with Gasteiger partial charge in [-0.2, -0.15) is 0 Å². The van der Waals surface area contributed by atoms with Crippen LogP contribution in [0.3, 0.4) is 0 Å². The Morgan fingerprint density at radius 3 is 2.60 bits per heavy atom. The average Bonchev–Trinajstić information content (AvgIpc) is 2.20. The lowest BCUT2D eigenvalue weighted by Crippen LogP contribution is -2.31. The minimum Gasteiger partial charge on any atom is -0.354 e. The Kier molecular flexibility index (Phi) is 4.56. The van der Waals surface area contributed by atoms with E-state index in [1.165, 1.54) is 12.1 Å². The zero-order valence-electron chi connectivity index (χ0n) is 8.47. The largest absolute Gasteiger partial charge is 0.354 e. The highest BCUT2D eigenvalue weighted by atomic mass is 35.5. The number of carbonyl (C=O) groups is 1. The monoisotopic (exact) mass is 229 g/mol. The molecule has 82 valence electrons. The highest BCUT2D eigenvalue weighted by Gasteiger charge is 2.07. The van der Waals surface area contributed by atoms with E-state index in [1.807, 2.05) is 0 Å². The predicted octanol–water partition coefficient (Wildman–Crippen LogP) is 2.11. The number of amides is 1. The fourth-order valence-electron chi connectivity index (χ4n) is 1.12. The zero-order chi connectivity index (χ0) is 11.3. The summed E-state index contributed by atoms with van der Waals surface area (Å²) in [4.78, 5) is 11.1. The standard InChI is InChI=1S/C11H13ClFNO/c1-8(12)11(15)14-7-6-9-2-4-10(13)5-3-9/h2-5,8H,6-7H2,1H3,(H,14,15). The average molecular weight is 230 g/mol. The number of carbonyl (C=O) groups excluding carboxylic acids is 1. The van der Waals surface area contributed by atoms with E-state index in [4.69, 9.17) is 11.6 Å². The molecule has 0 radical (unpaired) electrons. The van der Waals surface area contributed by atoms with Crippen LogP contribution in [0.5, 0.6) is 0 Å². The molecule has 1 amide bonds. The number of halogens is 2. The lowest BCUT2D eigenvalue weighted by molar-refractivity contribution is -0.120. The molecule has 0 aromatic heterocycles. The van der Waals surface area contributed by atoms with Gasteiger partial charge < -0.3 is 5.32 Å². The Morgan fingerprint density at radius 2 is 2.07 bits per heavy atom. The molecule has 0 spiro atoms. The van der Waals surface area contributed by atoms with Gasteiger partial charge in [-0.3, -0.25) is 4.79 Å². The highest BCUT2D eigenvalue weighted by Crippen LogP contribution is 2.02. The number of benzene rings is 1. The van der Waals surface area contributed by atoms with Crippen molar-refractivity contribution in [1.29, 1.82) is 0 Å². The van der Waals surface area contributed by atoms with Gasteiger partial charge in [-0.15, -0.1) is 11.6 Å². The number of rotatable bonds is 4. The predicted molar refractivity (Wildman–Crippen MR) is 58.4 cm³/mol. The Balaban J connectivity index is 2.32. The molecule has 0 saturated carbocycles. The zero-order valence-corrected chi connectivity index (χ0v) is 9.22. The van der Waals surface area contributed by atoms with Crippen molar-refractivity contribution in [3.63, 3.8) is 0 Å². The molecule has 0 heterocycles. The van der Waals surface area contributed by atoms with Crippen LogP contribution < -0.4 is 5.32 Å². The molecule has 1 rings (SSSR count). The van der Waals surface area contributed by atoms with Gasteiger partial charge in [0, 0.05) is 6.54 Å². The molecule has 1 aromatic rings. The van der Waals surface area contributed by atoms with Crippen LogP contribution in [0.1, 0.15) is 12.5 Å². The van der Waals surface area contributed by atoms with Gasteiger partial charge in [-0.25, -0.2) is 4.39 Å². The summed E-state index contributed by atoms with van der Waals surface area (Å²) in [7, 11) is 0. The van der Waals surface area contributed by atoms with E-state index >= 15 is 0 Å². The third-order valence-electron chi connectivity index (χ3n) is 1.99. The van der Waals surface area contributed by atoms with Gasteiger partial charge in [0.15, 0.2) is 0 Å². The molecule has 4 heteroatoms. The van der Waals surface area contributed by atoms with Crippen LogP contribution in [0.25, 0.3) is 0 Å². The normalized spacial score (nSPS) is 12.2. The summed E-state index contributed by atoms with van der Waals surface area (Å²) in [5.41, 5.74) is 0.985. The molecule has 0 aliphatic carbocycles. The van der Waals surface area contributed by atoms with Crippen molar-refractivity contribution in [2.45, 2.75) is 18.7 Å². The summed E-state index contributed by atoms with van der Waals surface area (Å²) >= 11 is 5.57. The molecule has 0 aliphatic heterocycles. The first-order valence-electron chi connectivity index (χ1n) is 4.76. The number of hydrogen-bond donors (Lipinski definition) is 1. The number of alkyl halides is 1. The van der Waals surface area contributed by atoms with Crippen molar-refractivity contribution < 1.29 is 9.18 Å². The quantitative estimate of drug-likeness (QED) is 0.788. The Hall–Kier alpha value is -1.09. The van der Waals surface area contributed by atoms with Crippen molar-refractivity contribution in [1.82, 2.24) is 5.32 Å². The van der Waals surface area contributed by atoms with E-state index < -0.39 is 5.38 Å². The Morgan fingerprint density at radius 1 is 1.47 bits per heavy atom. The van der Waals surface area contributed by atoms with Gasteiger partial charge >= 0.3 is 0 Å². The molecular formula is C11H13ClFNO. The van der Waals surface area contributed by atoms with E-state index in [-0.39, 0.29) is 11.7 Å². The van der Waals surface area contributed by atoms with Crippen molar-refractivity contribution >= 4 is 17.5 Å². The number of nitrogens with one attached hydrogen (secondary N) is 1. The molecule has 0 aliphatic rings. The lowest BCUT2D eigenvalue weighted by atomic mass is 10.1. The van der Waals surface area contributed by atoms with E-state index in [0.29, 0.717) is 13.0 Å². The second-order valence-electron chi connectivity index (χ2n) is 3.28. The fraction of sp³-hybridized carbons (Fsp3) is 0.364. The van der Waals surface area contributed by atoms with Crippen molar-refractivity contribution in [3.05, 3.63) is 35.6 Å². The van der Waals surface area contributed by atoms with Crippen LogP contribution in [0, 0.1) is 5.82 Å². The van der Waals surface area contributed by atoms with Gasteiger partial charge in [-0.05, 0) is 31.0 Å². The van der Waals surface area contributed by atoms with Gasteiger partial charge in [0.25, 0.3) is 0 Å². The Labute approximate surface area is 93.4 Å². The highest BCUT2D eigenvalue weighted by molar-refractivity contribution is 6.30. The summed E-state index contributed by atoms with van der Waals surface area (Å²) in [6.07, 6.45) is 0.676. The first-order valence-corrected chi connectivity index (χ1v) is 5.19. The van der Waals surface area contributed by atoms with Crippen LogP contribution in [-0.2, 0) is 11.2 Å². The van der Waals surface area contributed by atoms with E-state index in [9.17, 15) is 9.18 Å². The van der Waals surface area contributed by atoms with Crippen LogP contribution in [0.2, 0.25) is 0 Å². The lowest BCUT2D eigenvalue weighted by Gasteiger charge is -2.06. The first-order chi connectivity index (χ1) is 7.09. The summed E-state index contributed by atoms with van der Waals surface area (Å²) in [6.45, 7) is 2.14. The minimum atomic E-state index is -0.516. The van der Waals surface area contributed by atoms with Gasteiger partial charge in [0.1, 0.15) is 11.2 Å². The Bertz CT molecular complexity index is 324. The minimum absolute atomic E-state index is 0.182.